The van der Waals surface area contributed by atoms with Crippen LogP contribution in [0.2, 0.25) is 0 Å². The van der Waals surface area contributed by atoms with Gasteiger partial charge in [-0.2, -0.15) is 0 Å². The molecule has 0 unspecified atom stereocenters. The van der Waals surface area contributed by atoms with Crippen molar-refractivity contribution in [1.29, 1.82) is 0 Å². The third kappa shape index (κ3) is 7.28. The van der Waals surface area contributed by atoms with Crippen LogP contribution in [0.1, 0.15) is 13.8 Å². The third-order valence-corrected chi connectivity index (χ3v) is 2.40. The zero-order chi connectivity index (χ0) is 11.4. The van der Waals surface area contributed by atoms with E-state index in [1.807, 2.05) is 0 Å². The van der Waals surface area contributed by atoms with Gasteiger partial charge in [-0.3, -0.25) is 4.79 Å². The minimum atomic E-state index is -3.17. The van der Waals surface area contributed by atoms with E-state index in [0.29, 0.717) is 0 Å². The van der Waals surface area contributed by atoms with Gasteiger partial charge in [-0.1, -0.05) is 15.9 Å². The Morgan fingerprint density at radius 3 is 2.21 bits per heavy atom. The summed E-state index contributed by atoms with van der Waals surface area (Å²) >= 11 is 3.18. The van der Waals surface area contributed by atoms with Crippen LogP contribution in [0.15, 0.2) is 0 Å². The number of hydrogen-bond acceptors (Lipinski definition) is 3. The van der Waals surface area contributed by atoms with E-state index in [1.54, 1.807) is 13.8 Å². The van der Waals surface area contributed by atoms with Crippen LogP contribution in [0, 0.1) is 0 Å². The van der Waals surface area contributed by atoms with E-state index in [9.17, 15) is 13.2 Å². The molecule has 0 radical (unpaired) electrons. The Morgan fingerprint density at radius 2 is 1.86 bits per heavy atom. The Balaban J connectivity index is 3.72. The van der Waals surface area contributed by atoms with E-state index in [4.69, 9.17) is 0 Å². The average molecular weight is 287 g/mol. The zero-order valence-corrected chi connectivity index (χ0v) is 10.8. The van der Waals surface area contributed by atoms with E-state index < -0.39 is 14.3 Å². The number of sulfonamides is 1. The summed E-state index contributed by atoms with van der Waals surface area (Å²) < 4.78 is 22.9. The SMILES string of the molecule is CC(C)(Br)C(=O)NCCNS(C)(=O)=O. The Labute approximate surface area is 92.8 Å². The monoisotopic (exact) mass is 286 g/mol. The lowest BCUT2D eigenvalue weighted by atomic mass is 10.2. The molecule has 1 amide bonds. The first-order chi connectivity index (χ1) is 6.13. The molecule has 7 heteroatoms. The lowest BCUT2D eigenvalue weighted by Crippen LogP contribution is -2.41. The molecular weight excluding hydrogens is 272 g/mol. The molecule has 0 rings (SSSR count). The normalized spacial score (nSPS) is 12.6. The predicted molar refractivity (Wildman–Crippen MR) is 58.9 cm³/mol. The van der Waals surface area contributed by atoms with Gasteiger partial charge in [0.1, 0.15) is 0 Å². The van der Waals surface area contributed by atoms with Crippen LogP contribution >= 0.6 is 15.9 Å². The van der Waals surface area contributed by atoms with Crippen LogP contribution < -0.4 is 10.0 Å². The van der Waals surface area contributed by atoms with Crippen molar-refractivity contribution in [2.24, 2.45) is 0 Å². The number of rotatable bonds is 5. The van der Waals surface area contributed by atoms with Gasteiger partial charge < -0.3 is 5.32 Å². The predicted octanol–water partition coefficient (Wildman–Crippen LogP) is -0.175. The molecular formula is C7H15BrN2O3S. The molecule has 5 nitrogen and oxygen atoms in total. The Kier molecular flexibility index (Phi) is 5.03. The Hall–Kier alpha value is -0.140. The number of nitrogens with one attached hydrogen (secondary N) is 2. The van der Waals surface area contributed by atoms with Crippen molar-refractivity contribution in [3.8, 4) is 0 Å². The Morgan fingerprint density at radius 1 is 1.36 bits per heavy atom. The largest absolute Gasteiger partial charge is 0.354 e. The lowest BCUT2D eigenvalue weighted by molar-refractivity contribution is -0.122. The molecule has 0 bridgehead atoms. The molecule has 0 atom stereocenters. The second kappa shape index (κ2) is 5.09. The molecule has 0 saturated carbocycles. The number of carbonyl (C=O) groups excluding carboxylic acids is 1. The van der Waals surface area contributed by atoms with Gasteiger partial charge >= 0.3 is 0 Å². The molecule has 0 aliphatic carbocycles. The number of halogens is 1. The first-order valence-electron chi connectivity index (χ1n) is 4.05. The van der Waals surface area contributed by atoms with Crippen LogP contribution in [-0.4, -0.2) is 38.0 Å². The number of amides is 1. The number of carbonyl (C=O) groups is 1. The Bertz CT molecular complexity index is 295. The van der Waals surface area contributed by atoms with Gasteiger partial charge in [-0.25, -0.2) is 13.1 Å². The molecule has 0 spiro atoms. The maximum absolute atomic E-state index is 11.3. The summed E-state index contributed by atoms with van der Waals surface area (Å²) in [7, 11) is -3.17. The summed E-state index contributed by atoms with van der Waals surface area (Å²) in [6.07, 6.45) is 1.07. The van der Waals surface area contributed by atoms with Crippen molar-refractivity contribution < 1.29 is 13.2 Å². The van der Waals surface area contributed by atoms with Crippen molar-refractivity contribution in [2.45, 2.75) is 18.2 Å². The fourth-order valence-electron chi connectivity index (χ4n) is 0.623. The second-order valence-electron chi connectivity index (χ2n) is 3.39. The van der Waals surface area contributed by atoms with Crippen LogP contribution in [0.4, 0.5) is 0 Å². The van der Waals surface area contributed by atoms with Gasteiger partial charge in [0.15, 0.2) is 0 Å². The second-order valence-corrected chi connectivity index (χ2v) is 7.21. The number of hydrogen-bond donors (Lipinski definition) is 2. The third-order valence-electron chi connectivity index (χ3n) is 1.31. The van der Waals surface area contributed by atoms with Gasteiger partial charge in [-0.15, -0.1) is 0 Å². The minimum absolute atomic E-state index is 0.173. The van der Waals surface area contributed by atoms with Crippen LogP contribution in [0.25, 0.3) is 0 Å². The first-order valence-corrected chi connectivity index (χ1v) is 6.73. The molecule has 0 saturated heterocycles. The summed E-state index contributed by atoms with van der Waals surface area (Å²) in [5.41, 5.74) is 0. The van der Waals surface area contributed by atoms with Crippen molar-refractivity contribution in [2.75, 3.05) is 19.3 Å². The summed E-state index contributed by atoms with van der Waals surface area (Å²) in [4.78, 5) is 11.3. The highest BCUT2D eigenvalue weighted by Gasteiger charge is 2.22. The summed E-state index contributed by atoms with van der Waals surface area (Å²) in [6, 6.07) is 0. The molecule has 0 aliphatic heterocycles. The van der Waals surface area contributed by atoms with Crippen LogP contribution in [0.3, 0.4) is 0 Å². The van der Waals surface area contributed by atoms with Crippen molar-refractivity contribution in [1.82, 2.24) is 10.0 Å². The van der Waals surface area contributed by atoms with E-state index in [2.05, 4.69) is 26.0 Å². The van der Waals surface area contributed by atoms with Crippen molar-refractivity contribution >= 4 is 31.9 Å². The smallest absolute Gasteiger partial charge is 0.236 e. The van der Waals surface area contributed by atoms with Crippen LogP contribution in [0.5, 0.6) is 0 Å². The van der Waals surface area contributed by atoms with Crippen LogP contribution in [-0.2, 0) is 14.8 Å². The van der Waals surface area contributed by atoms with E-state index in [-0.39, 0.29) is 19.0 Å². The molecule has 0 aliphatic rings. The van der Waals surface area contributed by atoms with Gasteiger partial charge in [0.25, 0.3) is 0 Å². The molecule has 0 aromatic carbocycles. The van der Waals surface area contributed by atoms with Gasteiger partial charge in [0.05, 0.1) is 10.6 Å². The maximum atomic E-state index is 11.3. The summed E-state index contributed by atoms with van der Waals surface area (Å²) in [5.74, 6) is -0.173. The fraction of sp³-hybridized carbons (Fsp3) is 0.857. The molecule has 0 fully saturated rings. The standard InChI is InChI=1S/C7H15BrN2O3S/c1-7(2,8)6(11)9-4-5-10-14(3,12)13/h10H,4-5H2,1-3H3,(H,9,11). The molecule has 0 aromatic rings. The van der Waals surface area contributed by atoms with Gasteiger partial charge in [0, 0.05) is 13.1 Å². The zero-order valence-electron chi connectivity index (χ0n) is 8.43. The maximum Gasteiger partial charge on any atom is 0.236 e. The van der Waals surface area contributed by atoms with E-state index in [1.165, 1.54) is 0 Å². The molecule has 0 heterocycles. The fourth-order valence-corrected chi connectivity index (χ4v) is 1.24. The minimum Gasteiger partial charge on any atom is -0.354 e. The topological polar surface area (TPSA) is 75.3 Å². The van der Waals surface area contributed by atoms with E-state index >= 15 is 0 Å². The molecule has 2 N–H and O–H groups in total. The van der Waals surface area contributed by atoms with Crippen molar-refractivity contribution in [3.63, 3.8) is 0 Å². The van der Waals surface area contributed by atoms with Gasteiger partial charge in [-0.05, 0) is 13.8 Å². The summed E-state index contributed by atoms with van der Waals surface area (Å²) in [6.45, 7) is 3.91. The van der Waals surface area contributed by atoms with Crippen molar-refractivity contribution in [3.05, 3.63) is 0 Å². The average Bonchev–Trinajstić information content (AvgIpc) is 1.93. The summed E-state index contributed by atoms with van der Waals surface area (Å²) in [5, 5.41) is 2.58. The highest BCUT2D eigenvalue weighted by Crippen LogP contribution is 2.14. The first kappa shape index (κ1) is 13.9. The molecule has 84 valence electrons. The highest BCUT2D eigenvalue weighted by molar-refractivity contribution is 9.10. The molecule has 14 heavy (non-hydrogen) atoms. The molecule has 0 aromatic heterocycles. The lowest BCUT2D eigenvalue weighted by Gasteiger charge is -2.15. The number of alkyl halides is 1. The highest BCUT2D eigenvalue weighted by atomic mass is 79.9. The quantitative estimate of drug-likeness (QED) is 0.544. The van der Waals surface area contributed by atoms with E-state index in [0.717, 1.165) is 6.26 Å². The van der Waals surface area contributed by atoms with Gasteiger partial charge in [0.2, 0.25) is 15.9 Å².